The van der Waals surface area contributed by atoms with E-state index in [9.17, 15) is 10.2 Å². The number of phenols is 2. The van der Waals surface area contributed by atoms with Crippen LogP contribution in [-0.2, 0) is 18.3 Å². The minimum absolute atomic E-state index is 0.00528. The average Bonchev–Trinajstić information content (AvgIpc) is 2.60. The summed E-state index contributed by atoms with van der Waals surface area (Å²) in [6.07, 6.45) is 1.34. The molecule has 2 N–H and O–H groups in total. The molecule has 0 bridgehead atoms. The Hall–Kier alpha value is -2.74. The van der Waals surface area contributed by atoms with Gasteiger partial charge in [0.1, 0.15) is 11.5 Å². The summed E-state index contributed by atoms with van der Waals surface area (Å²) in [6, 6.07) is 18.3. The smallest absolute Gasteiger partial charge is 0.122 e. The molecule has 3 aromatic rings. The molecule has 0 radical (unpaired) electrons. The van der Waals surface area contributed by atoms with Crippen LogP contribution in [0.4, 0.5) is 0 Å². The van der Waals surface area contributed by atoms with Gasteiger partial charge < -0.3 is 10.2 Å². The van der Waals surface area contributed by atoms with Gasteiger partial charge in [0.15, 0.2) is 0 Å². The van der Waals surface area contributed by atoms with Gasteiger partial charge in [-0.3, -0.25) is 0 Å². The van der Waals surface area contributed by atoms with Crippen LogP contribution in [-0.4, -0.2) is 10.2 Å². The third kappa shape index (κ3) is 4.56. The van der Waals surface area contributed by atoms with Gasteiger partial charge in [0.05, 0.1) is 0 Å². The van der Waals surface area contributed by atoms with E-state index in [0.29, 0.717) is 24.3 Å². The zero-order valence-corrected chi connectivity index (χ0v) is 17.5. The Labute approximate surface area is 168 Å². The maximum atomic E-state index is 11.0. The highest BCUT2D eigenvalue weighted by Gasteiger charge is 2.19. The number of rotatable bonds is 4. The molecule has 0 atom stereocenters. The van der Waals surface area contributed by atoms with E-state index in [1.807, 2.05) is 19.1 Å². The molecule has 0 spiro atoms. The Morgan fingerprint density at radius 1 is 0.750 bits per heavy atom. The minimum atomic E-state index is -0.00528. The summed E-state index contributed by atoms with van der Waals surface area (Å²) < 4.78 is 0. The van der Waals surface area contributed by atoms with Crippen molar-refractivity contribution >= 4 is 0 Å². The molecule has 3 aromatic carbocycles. The fourth-order valence-corrected chi connectivity index (χ4v) is 3.55. The van der Waals surface area contributed by atoms with Crippen LogP contribution in [0.2, 0.25) is 0 Å². The Bertz CT molecular complexity index is 994. The molecule has 0 aliphatic carbocycles. The molecular weight excluding hydrogens is 344 g/mol. The summed E-state index contributed by atoms with van der Waals surface area (Å²) in [5.41, 5.74) is 7.47. The largest absolute Gasteiger partial charge is 0.508 e. The Morgan fingerprint density at radius 2 is 1.36 bits per heavy atom. The molecule has 2 nitrogen and oxygen atoms in total. The second-order valence-electron chi connectivity index (χ2n) is 8.86. The predicted molar refractivity (Wildman–Crippen MR) is 116 cm³/mol. The third-order valence-corrected chi connectivity index (χ3v) is 5.27. The van der Waals surface area contributed by atoms with Crippen LogP contribution in [0.1, 0.15) is 59.7 Å². The fraction of sp³-hybridized carbons (Fsp3) is 0.308. The second kappa shape index (κ2) is 7.71. The van der Waals surface area contributed by atoms with Crippen molar-refractivity contribution in [3.05, 3.63) is 93.5 Å². The van der Waals surface area contributed by atoms with Gasteiger partial charge in [0.2, 0.25) is 0 Å². The SMILES string of the molecule is Cc1cccc(Cc2cc(C(C)(C)C)cc(Cc3ccc(O)c(C)c3)c2O)c1. The Balaban J connectivity index is 2.04. The number of benzene rings is 3. The number of hydrogen-bond acceptors (Lipinski definition) is 2. The van der Waals surface area contributed by atoms with E-state index in [4.69, 9.17) is 0 Å². The van der Waals surface area contributed by atoms with Gasteiger partial charge in [-0.1, -0.05) is 74.9 Å². The summed E-state index contributed by atoms with van der Waals surface area (Å²) in [6.45, 7) is 10.6. The van der Waals surface area contributed by atoms with E-state index in [0.717, 1.165) is 22.3 Å². The first kappa shape index (κ1) is 20.0. The lowest BCUT2D eigenvalue weighted by Gasteiger charge is -2.23. The molecule has 0 saturated heterocycles. The van der Waals surface area contributed by atoms with Crippen molar-refractivity contribution in [1.82, 2.24) is 0 Å². The predicted octanol–water partition coefficient (Wildman–Crippen LogP) is 6.19. The highest BCUT2D eigenvalue weighted by Crippen LogP contribution is 2.34. The van der Waals surface area contributed by atoms with Crippen molar-refractivity contribution < 1.29 is 10.2 Å². The number of phenolic OH excluding ortho intramolecular Hbond substituents is 2. The number of aryl methyl sites for hydroxylation is 2. The summed E-state index contributed by atoms with van der Waals surface area (Å²) in [5, 5.41) is 20.8. The third-order valence-electron chi connectivity index (χ3n) is 5.27. The normalized spacial score (nSPS) is 11.6. The first-order valence-corrected chi connectivity index (χ1v) is 9.83. The highest BCUT2D eigenvalue weighted by molar-refractivity contribution is 5.50. The summed E-state index contributed by atoms with van der Waals surface area (Å²) in [5.74, 6) is 0.678. The van der Waals surface area contributed by atoms with Crippen molar-refractivity contribution in [2.75, 3.05) is 0 Å². The summed E-state index contributed by atoms with van der Waals surface area (Å²) >= 11 is 0. The standard InChI is InChI=1S/C26H30O2/c1-17-7-6-8-19(11-17)13-21-15-23(26(3,4)5)16-22(25(21)28)14-20-9-10-24(27)18(2)12-20/h6-12,15-16,27-28H,13-14H2,1-5H3. The molecule has 0 fully saturated rings. The van der Waals surface area contributed by atoms with E-state index in [2.05, 4.69) is 64.1 Å². The molecule has 0 aliphatic heterocycles. The number of hydrogen-bond donors (Lipinski definition) is 2. The van der Waals surface area contributed by atoms with E-state index >= 15 is 0 Å². The van der Waals surface area contributed by atoms with Gasteiger partial charge in [0.25, 0.3) is 0 Å². The molecule has 0 aliphatic rings. The molecule has 2 heteroatoms. The van der Waals surface area contributed by atoms with Gasteiger partial charge in [0, 0.05) is 12.8 Å². The monoisotopic (exact) mass is 374 g/mol. The Morgan fingerprint density at radius 3 is 1.89 bits per heavy atom. The lowest BCUT2D eigenvalue weighted by Crippen LogP contribution is -2.12. The van der Waals surface area contributed by atoms with Crippen molar-refractivity contribution in [2.24, 2.45) is 0 Å². The molecule has 3 rings (SSSR count). The topological polar surface area (TPSA) is 40.5 Å². The molecule has 0 amide bonds. The second-order valence-corrected chi connectivity index (χ2v) is 8.86. The molecule has 0 aromatic heterocycles. The van der Waals surface area contributed by atoms with Crippen LogP contribution in [0, 0.1) is 13.8 Å². The zero-order valence-electron chi connectivity index (χ0n) is 17.5. The lowest BCUT2D eigenvalue weighted by atomic mass is 9.83. The molecule has 146 valence electrons. The van der Waals surface area contributed by atoms with Crippen molar-refractivity contribution in [1.29, 1.82) is 0 Å². The van der Waals surface area contributed by atoms with Gasteiger partial charge in [-0.25, -0.2) is 0 Å². The molecule has 0 heterocycles. The van der Waals surface area contributed by atoms with Crippen LogP contribution in [0.3, 0.4) is 0 Å². The number of aromatic hydroxyl groups is 2. The highest BCUT2D eigenvalue weighted by atomic mass is 16.3. The molecule has 28 heavy (non-hydrogen) atoms. The first-order chi connectivity index (χ1) is 13.1. The van der Waals surface area contributed by atoms with Crippen LogP contribution in [0.15, 0.2) is 54.6 Å². The maximum absolute atomic E-state index is 11.0. The fourth-order valence-electron chi connectivity index (χ4n) is 3.55. The molecule has 0 unspecified atom stereocenters. The molecule has 0 saturated carbocycles. The van der Waals surface area contributed by atoms with Crippen LogP contribution < -0.4 is 0 Å². The van der Waals surface area contributed by atoms with Crippen LogP contribution >= 0.6 is 0 Å². The van der Waals surface area contributed by atoms with Gasteiger partial charge >= 0.3 is 0 Å². The lowest BCUT2D eigenvalue weighted by molar-refractivity contribution is 0.461. The Kier molecular flexibility index (Phi) is 5.51. The average molecular weight is 375 g/mol. The summed E-state index contributed by atoms with van der Waals surface area (Å²) in [4.78, 5) is 0. The van der Waals surface area contributed by atoms with Crippen molar-refractivity contribution in [3.63, 3.8) is 0 Å². The van der Waals surface area contributed by atoms with Crippen molar-refractivity contribution in [3.8, 4) is 11.5 Å². The quantitative estimate of drug-likeness (QED) is 0.571. The van der Waals surface area contributed by atoms with E-state index < -0.39 is 0 Å². The molecular formula is C26H30O2. The van der Waals surface area contributed by atoms with Gasteiger partial charge in [-0.15, -0.1) is 0 Å². The van der Waals surface area contributed by atoms with Gasteiger partial charge in [-0.2, -0.15) is 0 Å². The van der Waals surface area contributed by atoms with Crippen molar-refractivity contribution in [2.45, 2.75) is 52.9 Å². The summed E-state index contributed by atoms with van der Waals surface area (Å²) in [7, 11) is 0. The first-order valence-electron chi connectivity index (χ1n) is 9.83. The van der Waals surface area contributed by atoms with E-state index in [1.54, 1.807) is 6.07 Å². The van der Waals surface area contributed by atoms with Crippen LogP contribution in [0.25, 0.3) is 0 Å². The minimum Gasteiger partial charge on any atom is -0.508 e. The maximum Gasteiger partial charge on any atom is 0.122 e. The van der Waals surface area contributed by atoms with Gasteiger partial charge in [-0.05, 0) is 58.7 Å². The zero-order chi connectivity index (χ0) is 20.5. The van der Waals surface area contributed by atoms with E-state index in [-0.39, 0.29) is 5.41 Å². The van der Waals surface area contributed by atoms with Crippen LogP contribution in [0.5, 0.6) is 11.5 Å². The van der Waals surface area contributed by atoms with E-state index in [1.165, 1.54) is 16.7 Å².